The number of nitrogens with one attached hydrogen (secondary N) is 1. The van der Waals surface area contributed by atoms with Crippen molar-refractivity contribution in [1.82, 2.24) is 15.0 Å². The third-order valence-electron chi connectivity index (χ3n) is 3.27. The molecule has 0 radical (unpaired) electrons. The van der Waals surface area contributed by atoms with Crippen molar-refractivity contribution in [3.63, 3.8) is 0 Å². The molecule has 3 N–H and O–H groups in total. The Morgan fingerprint density at radius 2 is 2.05 bits per heavy atom. The molecule has 0 unspecified atom stereocenters. The molecule has 21 heavy (non-hydrogen) atoms. The maximum atomic E-state index is 5.81. The van der Waals surface area contributed by atoms with E-state index in [0.717, 1.165) is 17.8 Å². The highest BCUT2D eigenvalue weighted by Gasteiger charge is 2.25. The molecule has 3 rings (SSSR count). The number of nitrogens with two attached hydrogens (primary N) is 1. The number of nitrogens with zero attached hydrogens (tertiary/aromatic N) is 4. The number of hydrogen-bond acceptors (Lipinski definition) is 4. The molecule has 0 atom stereocenters. The van der Waals surface area contributed by atoms with E-state index >= 15 is 0 Å². The summed E-state index contributed by atoms with van der Waals surface area (Å²) in [6.07, 6.45) is 8.69. The number of rotatable bonds is 5. The highest BCUT2D eigenvalue weighted by molar-refractivity contribution is 5.91. The second kappa shape index (κ2) is 6.30. The third kappa shape index (κ3) is 3.98. The van der Waals surface area contributed by atoms with E-state index in [2.05, 4.69) is 25.3 Å². The lowest BCUT2D eigenvalue weighted by molar-refractivity contribution is 0.881. The fourth-order valence-electron chi connectivity index (χ4n) is 1.96. The minimum atomic E-state index is 0.365. The summed E-state index contributed by atoms with van der Waals surface area (Å²) < 4.78 is 0. The van der Waals surface area contributed by atoms with Crippen molar-refractivity contribution in [3.05, 3.63) is 48.2 Å². The van der Waals surface area contributed by atoms with Gasteiger partial charge >= 0.3 is 0 Å². The van der Waals surface area contributed by atoms with Crippen molar-refractivity contribution in [2.75, 3.05) is 11.9 Å². The van der Waals surface area contributed by atoms with Gasteiger partial charge < -0.3 is 11.1 Å². The zero-order valence-electron chi connectivity index (χ0n) is 11.7. The van der Waals surface area contributed by atoms with Gasteiger partial charge in [-0.25, -0.2) is 15.0 Å². The van der Waals surface area contributed by atoms with E-state index in [1.165, 1.54) is 12.8 Å². The summed E-state index contributed by atoms with van der Waals surface area (Å²) in [5.74, 6) is 2.62. The number of aliphatic imine (C=N–C) groups is 1. The van der Waals surface area contributed by atoms with Crippen molar-refractivity contribution < 1.29 is 0 Å². The maximum absolute atomic E-state index is 5.81. The van der Waals surface area contributed by atoms with E-state index in [9.17, 15) is 0 Å². The van der Waals surface area contributed by atoms with E-state index < -0.39 is 0 Å². The number of hydrogen-bond donors (Lipinski definition) is 2. The lowest BCUT2D eigenvalue weighted by atomic mass is 10.2. The SMILES string of the molecule is NC(=NCCc1cnc(C2CC2)nc1)Nc1ccccn1. The molecule has 6 nitrogen and oxygen atoms in total. The topological polar surface area (TPSA) is 89.1 Å². The van der Waals surface area contributed by atoms with Crippen molar-refractivity contribution in [1.29, 1.82) is 0 Å². The van der Waals surface area contributed by atoms with E-state index in [4.69, 9.17) is 5.73 Å². The van der Waals surface area contributed by atoms with Crippen LogP contribution in [0.2, 0.25) is 0 Å². The fourth-order valence-corrected chi connectivity index (χ4v) is 1.96. The van der Waals surface area contributed by atoms with Gasteiger partial charge in [0.25, 0.3) is 0 Å². The summed E-state index contributed by atoms with van der Waals surface area (Å²) in [7, 11) is 0. The largest absolute Gasteiger partial charge is 0.370 e. The first-order valence-corrected chi connectivity index (χ1v) is 7.10. The molecular formula is C15H18N6. The molecule has 1 aliphatic rings. The molecule has 2 aromatic rings. The molecule has 1 saturated carbocycles. The summed E-state index contributed by atoms with van der Waals surface area (Å²) >= 11 is 0. The molecule has 108 valence electrons. The monoisotopic (exact) mass is 282 g/mol. The lowest BCUT2D eigenvalue weighted by Crippen LogP contribution is -2.23. The smallest absolute Gasteiger partial charge is 0.194 e. The molecule has 0 aliphatic heterocycles. The standard InChI is InChI=1S/C15H18N6/c16-15(21-13-3-1-2-7-17-13)18-8-6-11-9-19-14(20-10-11)12-4-5-12/h1-3,7,9-10,12H,4-6,8H2,(H3,16,17,18,21). The molecule has 6 heteroatoms. The number of guanidine groups is 1. The molecule has 0 aromatic carbocycles. The summed E-state index contributed by atoms with van der Waals surface area (Å²) in [5, 5.41) is 2.95. The Bertz CT molecular complexity index is 604. The molecule has 0 bridgehead atoms. The van der Waals surface area contributed by atoms with Gasteiger partial charge in [-0.2, -0.15) is 0 Å². The van der Waals surface area contributed by atoms with Crippen LogP contribution in [0.25, 0.3) is 0 Å². The van der Waals surface area contributed by atoms with Gasteiger partial charge in [0.2, 0.25) is 0 Å². The summed E-state index contributed by atoms with van der Waals surface area (Å²) in [6, 6.07) is 5.58. The zero-order valence-corrected chi connectivity index (χ0v) is 11.7. The molecule has 0 spiro atoms. The van der Waals surface area contributed by atoms with Crippen LogP contribution in [-0.2, 0) is 6.42 Å². The number of aromatic nitrogens is 3. The molecule has 1 aliphatic carbocycles. The highest BCUT2D eigenvalue weighted by Crippen LogP contribution is 2.37. The Morgan fingerprint density at radius 3 is 2.71 bits per heavy atom. The van der Waals surface area contributed by atoms with Crippen LogP contribution in [0.5, 0.6) is 0 Å². The van der Waals surface area contributed by atoms with Gasteiger partial charge in [0.1, 0.15) is 11.6 Å². The molecular weight excluding hydrogens is 264 g/mol. The van der Waals surface area contributed by atoms with Crippen molar-refractivity contribution in [2.45, 2.75) is 25.2 Å². The van der Waals surface area contributed by atoms with Gasteiger partial charge in [0.05, 0.1) is 0 Å². The second-order valence-corrected chi connectivity index (χ2v) is 5.08. The quantitative estimate of drug-likeness (QED) is 0.644. The van der Waals surface area contributed by atoms with Gasteiger partial charge in [0, 0.05) is 31.1 Å². The Morgan fingerprint density at radius 1 is 1.24 bits per heavy atom. The van der Waals surface area contributed by atoms with Crippen LogP contribution in [0.4, 0.5) is 5.82 Å². The third-order valence-corrected chi connectivity index (χ3v) is 3.27. The van der Waals surface area contributed by atoms with Gasteiger partial charge in [-0.05, 0) is 37.0 Å². The van der Waals surface area contributed by atoms with Crippen molar-refractivity contribution in [2.24, 2.45) is 10.7 Å². The predicted molar refractivity (Wildman–Crippen MR) is 82.1 cm³/mol. The fraction of sp³-hybridized carbons (Fsp3) is 0.333. The highest BCUT2D eigenvalue weighted by atomic mass is 15.1. The Balaban J connectivity index is 1.49. The molecule has 2 aromatic heterocycles. The molecule has 1 fully saturated rings. The van der Waals surface area contributed by atoms with Crippen LogP contribution in [0.1, 0.15) is 30.1 Å². The zero-order chi connectivity index (χ0) is 14.5. The Labute approximate surface area is 123 Å². The molecule has 0 saturated heterocycles. The second-order valence-electron chi connectivity index (χ2n) is 5.08. The summed E-state index contributed by atoms with van der Waals surface area (Å²) in [5.41, 5.74) is 6.89. The Kier molecular flexibility index (Phi) is 4.04. The van der Waals surface area contributed by atoms with Gasteiger partial charge in [0.15, 0.2) is 5.96 Å². The van der Waals surface area contributed by atoms with Crippen LogP contribution < -0.4 is 11.1 Å². The van der Waals surface area contributed by atoms with Gasteiger partial charge in [-0.1, -0.05) is 6.07 Å². The van der Waals surface area contributed by atoms with Crippen molar-refractivity contribution in [3.8, 4) is 0 Å². The van der Waals surface area contributed by atoms with Gasteiger partial charge in [-0.3, -0.25) is 4.99 Å². The van der Waals surface area contributed by atoms with Crippen LogP contribution in [0.3, 0.4) is 0 Å². The van der Waals surface area contributed by atoms with Crippen molar-refractivity contribution >= 4 is 11.8 Å². The molecule has 0 amide bonds. The lowest BCUT2D eigenvalue weighted by Gasteiger charge is -2.04. The normalized spacial score (nSPS) is 15.0. The van der Waals surface area contributed by atoms with E-state index in [1.807, 2.05) is 30.6 Å². The molecule has 2 heterocycles. The summed E-state index contributed by atoms with van der Waals surface area (Å²) in [6.45, 7) is 0.595. The van der Waals surface area contributed by atoms with Crippen LogP contribution in [0, 0.1) is 0 Å². The maximum Gasteiger partial charge on any atom is 0.194 e. The van der Waals surface area contributed by atoms with Crippen LogP contribution in [-0.4, -0.2) is 27.5 Å². The average molecular weight is 282 g/mol. The van der Waals surface area contributed by atoms with E-state index in [1.54, 1.807) is 6.20 Å². The van der Waals surface area contributed by atoms with E-state index in [0.29, 0.717) is 24.2 Å². The first-order valence-electron chi connectivity index (χ1n) is 7.10. The van der Waals surface area contributed by atoms with Crippen LogP contribution >= 0.6 is 0 Å². The average Bonchev–Trinajstić information content (AvgIpc) is 3.34. The van der Waals surface area contributed by atoms with Crippen LogP contribution in [0.15, 0.2) is 41.8 Å². The first kappa shape index (κ1) is 13.5. The van der Waals surface area contributed by atoms with E-state index in [-0.39, 0.29) is 0 Å². The number of pyridine rings is 1. The minimum Gasteiger partial charge on any atom is -0.370 e. The summed E-state index contributed by atoms with van der Waals surface area (Å²) in [4.78, 5) is 17.2. The first-order chi connectivity index (χ1) is 10.3. The van der Waals surface area contributed by atoms with Gasteiger partial charge in [-0.15, -0.1) is 0 Å². The minimum absolute atomic E-state index is 0.365. The Hall–Kier alpha value is -2.50. The predicted octanol–water partition coefficient (Wildman–Crippen LogP) is 1.72. The number of anilines is 1.